The van der Waals surface area contributed by atoms with E-state index in [0.717, 1.165) is 16.9 Å². The normalized spacial score (nSPS) is 12.8. The van der Waals surface area contributed by atoms with Crippen molar-refractivity contribution in [1.29, 1.82) is 0 Å². The first-order chi connectivity index (χ1) is 11.5. The molecule has 5 heteroatoms. The maximum atomic E-state index is 12.8. The van der Waals surface area contributed by atoms with Crippen molar-refractivity contribution in [2.24, 2.45) is 0 Å². The van der Waals surface area contributed by atoms with E-state index in [2.05, 4.69) is 0 Å². The zero-order valence-electron chi connectivity index (χ0n) is 15.1. The zero-order valence-corrected chi connectivity index (χ0v) is 16.0. The smallest absolute Gasteiger partial charge is 0.318 e. The van der Waals surface area contributed by atoms with Gasteiger partial charge in [0.25, 0.3) is 0 Å². The summed E-state index contributed by atoms with van der Waals surface area (Å²) in [6.45, 7) is 2.60. The lowest BCUT2D eigenvalue weighted by Gasteiger charge is -2.22. The van der Waals surface area contributed by atoms with Crippen LogP contribution in [0.5, 0.6) is 5.75 Å². The van der Waals surface area contributed by atoms with Gasteiger partial charge in [0, 0.05) is 6.54 Å². The van der Waals surface area contributed by atoms with Gasteiger partial charge in [-0.15, -0.1) is 12.4 Å². The highest BCUT2D eigenvalue weighted by atomic mass is 35.5. The monoisotopic (exact) mass is 363 g/mol. The third-order valence-corrected chi connectivity index (χ3v) is 3.76. The molecule has 2 unspecified atom stereocenters. The summed E-state index contributed by atoms with van der Waals surface area (Å²) in [5.41, 5.74) is 1.81. The Kier molecular flexibility index (Phi) is 8.46. The van der Waals surface area contributed by atoms with Gasteiger partial charge in [-0.3, -0.25) is 4.79 Å². The quantitative estimate of drug-likeness (QED) is 0.702. The van der Waals surface area contributed by atoms with Gasteiger partial charge in [-0.2, -0.15) is 0 Å². The summed E-state index contributed by atoms with van der Waals surface area (Å²) in [5.74, 6) is 0.0855. The Morgan fingerprint density at radius 1 is 1.00 bits per heavy atom. The summed E-state index contributed by atoms with van der Waals surface area (Å²) in [5, 5.41) is 0. The fourth-order valence-electron chi connectivity index (χ4n) is 2.72. The van der Waals surface area contributed by atoms with Gasteiger partial charge in [-0.25, -0.2) is 0 Å². The van der Waals surface area contributed by atoms with Crippen molar-refractivity contribution in [3.63, 3.8) is 0 Å². The van der Waals surface area contributed by atoms with Crippen LogP contribution in [0.1, 0.15) is 24.0 Å². The fraction of sp³-hybridized carbons (Fsp3) is 0.350. The lowest BCUT2D eigenvalue weighted by atomic mass is 9.91. The number of esters is 1. The van der Waals surface area contributed by atoms with Crippen LogP contribution in [0, 0.1) is 0 Å². The van der Waals surface area contributed by atoms with Crippen molar-refractivity contribution in [2.45, 2.75) is 18.9 Å². The van der Waals surface area contributed by atoms with Gasteiger partial charge in [-0.05, 0) is 44.3 Å². The number of benzene rings is 2. The Hall–Kier alpha value is -2.04. The maximum absolute atomic E-state index is 12.8. The number of methoxy groups -OCH3 is 1. The SMILES string of the molecule is COc1ccc(C(C(=O)OC(C)CN(C)C)c2ccccc2)cc1.Cl. The molecule has 0 aliphatic rings. The van der Waals surface area contributed by atoms with Crippen molar-refractivity contribution in [2.75, 3.05) is 27.7 Å². The molecule has 0 heterocycles. The average Bonchev–Trinajstić information content (AvgIpc) is 2.56. The van der Waals surface area contributed by atoms with E-state index in [1.54, 1.807) is 7.11 Å². The van der Waals surface area contributed by atoms with E-state index >= 15 is 0 Å². The second kappa shape index (κ2) is 10.1. The number of hydrogen-bond donors (Lipinski definition) is 0. The molecule has 2 aromatic rings. The molecule has 0 fully saturated rings. The van der Waals surface area contributed by atoms with Gasteiger partial charge in [0.1, 0.15) is 17.8 Å². The molecule has 0 aromatic heterocycles. The minimum atomic E-state index is -0.443. The highest BCUT2D eigenvalue weighted by Crippen LogP contribution is 2.28. The number of likely N-dealkylation sites (N-methyl/N-ethyl adjacent to an activating group) is 1. The summed E-state index contributed by atoms with van der Waals surface area (Å²) in [6, 6.07) is 17.3. The number of halogens is 1. The van der Waals surface area contributed by atoms with Crippen LogP contribution in [0.4, 0.5) is 0 Å². The Labute approximate surface area is 156 Å². The molecule has 0 saturated heterocycles. The summed E-state index contributed by atoms with van der Waals surface area (Å²) in [6.07, 6.45) is -0.169. The van der Waals surface area contributed by atoms with Crippen LogP contribution in [0.25, 0.3) is 0 Å². The second-order valence-electron chi connectivity index (χ2n) is 6.13. The van der Waals surface area contributed by atoms with E-state index in [1.165, 1.54) is 0 Å². The summed E-state index contributed by atoms with van der Waals surface area (Å²) in [7, 11) is 5.55. The Morgan fingerprint density at radius 3 is 2.08 bits per heavy atom. The molecule has 2 rings (SSSR count). The number of carbonyl (C=O) groups excluding carboxylic acids is 1. The van der Waals surface area contributed by atoms with E-state index in [-0.39, 0.29) is 24.5 Å². The Balaban J connectivity index is 0.00000312. The predicted octanol–water partition coefficient (Wildman–Crippen LogP) is 3.74. The fourth-order valence-corrected chi connectivity index (χ4v) is 2.72. The molecule has 25 heavy (non-hydrogen) atoms. The highest BCUT2D eigenvalue weighted by molar-refractivity contribution is 5.85. The molecule has 0 aliphatic carbocycles. The molecule has 4 nitrogen and oxygen atoms in total. The molecule has 136 valence electrons. The zero-order chi connectivity index (χ0) is 17.5. The molecule has 0 amide bonds. The average molecular weight is 364 g/mol. The number of ether oxygens (including phenoxy) is 2. The summed E-state index contributed by atoms with van der Waals surface area (Å²) >= 11 is 0. The van der Waals surface area contributed by atoms with Crippen LogP contribution in [-0.2, 0) is 9.53 Å². The van der Waals surface area contributed by atoms with Crippen LogP contribution >= 0.6 is 12.4 Å². The summed E-state index contributed by atoms with van der Waals surface area (Å²) < 4.78 is 10.9. The van der Waals surface area contributed by atoms with Gasteiger partial charge in [0.2, 0.25) is 0 Å². The molecule has 0 spiro atoms. The topological polar surface area (TPSA) is 38.8 Å². The van der Waals surface area contributed by atoms with Crippen molar-refractivity contribution >= 4 is 18.4 Å². The van der Waals surface area contributed by atoms with E-state index in [0.29, 0.717) is 6.54 Å². The molecular formula is C20H26ClNO3. The third-order valence-electron chi connectivity index (χ3n) is 3.76. The number of nitrogens with zero attached hydrogens (tertiary/aromatic N) is 1. The largest absolute Gasteiger partial charge is 0.497 e. The minimum Gasteiger partial charge on any atom is -0.497 e. The lowest BCUT2D eigenvalue weighted by molar-refractivity contribution is -0.149. The van der Waals surface area contributed by atoms with Crippen LogP contribution < -0.4 is 4.74 Å². The lowest BCUT2D eigenvalue weighted by Crippen LogP contribution is -2.30. The number of carbonyl (C=O) groups is 1. The van der Waals surface area contributed by atoms with Crippen molar-refractivity contribution in [3.8, 4) is 5.75 Å². The predicted molar refractivity (Wildman–Crippen MR) is 103 cm³/mol. The van der Waals surface area contributed by atoms with E-state index in [1.807, 2.05) is 80.5 Å². The molecular weight excluding hydrogens is 338 g/mol. The Bertz CT molecular complexity index is 644. The minimum absolute atomic E-state index is 0. The van der Waals surface area contributed by atoms with Crippen LogP contribution in [-0.4, -0.2) is 44.7 Å². The molecule has 0 aliphatic heterocycles. The molecule has 0 radical (unpaired) electrons. The highest BCUT2D eigenvalue weighted by Gasteiger charge is 2.26. The molecule has 0 saturated carbocycles. The molecule has 0 bridgehead atoms. The van der Waals surface area contributed by atoms with E-state index in [4.69, 9.17) is 9.47 Å². The first-order valence-corrected chi connectivity index (χ1v) is 8.05. The maximum Gasteiger partial charge on any atom is 0.318 e. The standard InChI is InChI=1S/C20H25NO3.ClH/c1-15(14-21(2)3)24-20(22)19(16-8-6-5-7-9-16)17-10-12-18(23-4)13-11-17;/h5-13,15,19H,14H2,1-4H3;1H. The third kappa shape index (κ3) is 6.07. The summed E-state index contributed by atoms with van der Waals surface area (Å²) in [4.78, 5) is 14.8. The second-order valence-corrected chi connectivity index (χ2v) is 6.13. The van der Waals surface area contributed by atoms with Gasteiger partial charge < -0.3 is 14.4 Å². The van der Waals surface area contributed by atoms with Crippen LogP contribution in [0.3, 0.4) is 0 Å². The van der Waals surface area contributed by atoms with E-state index < -0.39 is 5.92 Å². The van der Waals surface area contributed by atoms with Crippen molar-refractivity contribution in [1.82, 2.24) is 4.90 Å². The van der Waals surface area contributed by atoms with Gasteiger partial charge in [-0.1, -0.05) is 42.5 Å². The first-order valence-electron chi connectivity index (χ1n) is 8.05. The van der Waals surface area contributed by atoms with Crippen molar-refractivity contribution < 1.29 is 14.3 Å². The van der Waals surface area contributed by atoms with Crippen LogP contribution in [0.2, 0.25) is 0 Å². The van der Waals surface area contributed by atoms with Gasteiger partial charge >= 0.3 is 5.97 Å². The van der Waals surface area contributed by atoms with Gasteiger partial charge in [0.15, 0.2) is 0 Å². The molecule has 0 N–H and O–H groups in total. The number of hydrogen-bond acceptors (Lipinski definition) is 4. The molecule has 2 aromatic carbocycles. The number of rotatable bonds is 7. The molecule has 2 atom stereocenters. The first kappa shape index (κ1) is 21.0. The Morgan fingerprint density at radius 2 is 1.56 bits per heavy atom. The van der Waals surface area contributed by atoms with Crippen molar-refractivity contribution in [3.05, 3.63) is 65.7 Å². The van der Waals surface area contributed by atoms with Crippen LogP contribution in [0.15, 0.2) is 54.6 Å². The van der Waals surface area contributed by atoms with Gasteiger partial charge in [0.05, 0.1) is 7.11 Å². The van der Waals surface area contributed by atoms with E-state index in [9.17, 15) is 4.79 Å².